The van der Waals surface area contributed by atoms with Gasteiger partial charge in [-0.3, -0.25) is 4.79 Å². The molecular formula is C22H29N3O3. The summed E-state index contributed by atoms with van der Waals surface area (Å²) in [5.41, 5.74) is 2.05. The molecule has 1 atom stereocenters. The highest BCUT2D eigenvalue weighted by atomic mass is 16.5. The molecule has 0 saturated carbocycles. The van der Waals surface area contributed by atoms with Crippen molar-refractivity contribution in [2.75, 3.05) is 20.2 Å². The monoisotopic (exact) mass is 383 g/mol. The van der Waals surface area contributed by atoms with Crippen LogP contribution >= 0.6 is 0 Å². The number of carbonyl (C=O) groups is 2. The minimum absolute atomic E-state index is 0.0362. The highest BCUT2D eigenvalue weighted by Crippen LogP contribution is 2.19. The molecule has 0 aliphatic heterocycles. The Hall–Kier alpha value is -3.02. The average molecular weight is 383 g/mol. The van der Waals surface area contributed by atoms with Gasteiger partial charge in [-0.25, -0.2) is 4.79 Å². The lowest BCUT2D eigenvalue weighted by Crippen LogP contribution is -2.44. The molecule has 3 amide bonds. The lowest BCUT2D eigenvalue weighted by molar-refractivity contribution is -0.130. The van der Waals surface area contributed by atoms with E-state index in [9.17, 15) is 9.59 Å². The fraction of sp³-hybridized carbons (Fsp3) is 0.364. The number of nitrogens with one attached hydrogen (secondary N) is 2. The predicted molar refractivity (Wildman–Crippen MR) is 110 cm³/mol. The first-order chi connectivity index (χ1) is 13.6. The zero-order valence-electron chi connectivity index (χ0n) is 16.8. The van der Waals surface area contributed by atoms with Crippen LogP contribution in [0.3, 0.4) is 0 Å². The molecule has 0 aliphatic carbocycles. The quantitative estimate of drug-likeness (QED) is 0.696. The molecule has 0 bridgehead atoms. The second-order valence-corrected chi connectivity index (χ2v) is 6.45. The summed E-state index contributed by atoms with van der Waals surface area (Å²) in [4.78, 5) is 26.4. The summed E-state index contributed by atoms with van der Waals surface area (Å²) in [6.45, 7) is 5.01. The van der Waals surface area contributed by atoms with E-state index in [4.69, 9.17) is 4.74 Å². The highest BCUT2D eigenvalue weighted by molar-refractivity contribution is 5.84. The van der Waals surface area contributed by atoms with Crippen LogP contribution in [0.2, 0.25) is 0 Å². The average Bonchev–Trinajstić information content (AvgIpc) is 2.75. The summed E-state index contributed by atoms with van der Waals surface area (Å²) in [5, 5.41) is 5.60. The summed E-state index contributed by atoms with van der Waals surface area (Å²) in [6, 6.07) is 16.9. The molecule has 28 heavy (non-hydrogen) atoms. The largest absolute Gasteiger partial charge is 0.497 e. The van der Waals surface area contributed by atoms with E-state index in [1.807, 2.05) is 68.4 Å². The van der Waals surface area contributed by atoms with Crippen molar-refractivity contribution < 1.29 is 14.3 Å². The summed E-state index contributed by atoms with van der Waals surface area (Å²) < 4.78 is 5.16. The Kier molecular flexibility index (Phi) is 8.34. The Labute approximate surface area is 166 Å². The number of carbonyl (C=O) groups excluding carboxylic acids is 2. The molecule has 0 saturated heterocycles. The van der Waals surface area contributed by atoms with Gasteiger partial charge < -0.3 is 20.3 Å². The van der Waals surface area contributed by atoms with Gasteiger partial charge in [0.25, 0.3) is 0 Å². The molecule has 0 fully saturated rings. The lowest BCUT2D eigenvalue weighted by Gasteiger charge is -2.22. The van der Waals surface area contributed by atoms with Crippen LogP contribution in [0, 0.1) is 0 Å². The van der Waals surface area contributed by atoms with Crippen LogP contribution in [-0.2, 0) is 11.3 Å². The number of ether oxygens (including phenoxy) is 1. The molecule has 2 aromatic rings. The van der Waals surface area contributed by atoms with Crippen LogP contribution in [-0.4, -0.2) is 37.0 Å². The van der Waals surface area contributed by atoms with Crippen molar-refractivity contribution in [3.63, 3.8) is 0 Å². The van der Waals surface area contributed by atoms with Crippen molar-refractivity contribution in [1.29, 1.82) is 0 Å². The molecule has 2 aromatic carbocycles. The second kappa shape index (κ2) is 11.0. The zero-order chi connectivity index (χ0) is 20.4. The van der Waals surface area contributed by atoms with Crippen LogP contribution in [0.5, 0.6) is 5.75 Å². The summed E-state index contributed by atoms with van der Waals surface area (Å²) in [5.74, 6) is 0.658. The standard InChI is InChI=1S/C22H29N3O3/c1-4-20(18-11-13-19(28-3)14-12-18)24-22(27)23-15-21(26)25(5-2)16-17-9-7-6-8-10-17/h6-14,20H,4-5,15-16H2,1-3H3,(H2,23,24,27). The van der Waals surface area contributed by atoms with Crippen LogP contribution in [0.1, 0.15) is 37.4 Å². The normalized spacial score (nSPS) is 11.4. The second-order valence-electron chi connectivity index (χ2n) is 6.45. The third-order valence-corrected chi connectivity index (χ3v) is 4.58. The summed E-state index contributed by atoms with van der Waals surface area (Å²) in [7, 11) is 1.62. The molecule has 0 radical (unpaired) electrons. The molecule has 2 N–H and O–H groups in total. The lowest BCUT2D eigenvalue weighted by atomic mass is 10.0. The third kappa shape index (κ3) is 6.30. The molecular weight excluding hydrogens is 354 g/mol. The van der Waals surface area contributed by atoms with E-state index in [1.165, 1.54) is 0 Å². The number of likely N-dealkylation sites (N-methyl/N-ethyl adjacent to an activating group) is 1. The van der Waals surface area contributed by atoms with Crippen molar-refractivity contribution >= 4 is 11.9 Å². The first kappa shape index (κ1) is 21.3. The SMILES string of the molecule is CCC(NC(=O)NCC(=O)N(CC)Cc1ccccc1)c1ccc(OC)cc1. The van der Waals surface area contributed by atoms with Crippen LogP contribution in [0.4, 0.5) is 4.79 Å². The Morgan fingerprint density at radius 3 is 2.29 bits per heavy atom. The first-order valence-corrected chi connectivity index (χ1v) is 9.57. The van der Waals surface area contributed by atoms with Gasteiger partial charge in [0.15, 0.2) is 0 Å². The smallest absolute Gasteiger partial charge is 0.315 e. The van der Waals surface area contributed by atoms with E-state index < -0.39 is 0 Å². The van der Waals surface area contributed by atoms with Crippen LogP contribution in [0.25, 0.3) is 0 Å². The van der Waals surface area contributed by atoms with Gasteiger partial charge in [0, 0.05) is 13.1 Å². The maximum atomic E-state index is 12.4. The number of benzene rings is 2. The Morgan fingerprint density at radius 1 is 1.04 bits per heavy atom. The van der Waals surface area contributed by atoms with Gasteiger partial charge in [-0.2, -0.15) is 0 Å². The van der Waals surface area contributed by atoms with Gasteiger partial charge in [0.1, 0.15) is 5.75 Å². The van der Waals surface area contributed by atoms with Crippen molar-refractivity contribution in [2.24, 2.45) is 0 Å². The van der Waals surface area contributed by atoms with E-state index in [0.29, 0.717) is 13.1 Å². The van der Waals surface area contributed by atoms with Gasteiger partial charge >= 0.3 is 6.03 Å². The number of hydrogen-bond donors (Lipinski definition) is 2. The van der Waals surface area contributed by atoms with Gasteiger partial charge in [-0.05, 0) is 36.6 Å². The molecule has 6 nitrogen and oxygen atoms in total. The minimum Gasteiger partial charge on any atom is -0.497 e. The zero-order valence-corrected chi connectivity index (χ0v) is 16.8. The van der Waals surface area contributed by atoms with E-state index in [-0.39, 0.29) is 24.5 Å². The van der Waals surface area contributed by atoms with E-state index in [0.717, 1.165) is 23.3 Å². The van der Waals surface area contributed by atoms with E-state index in [2.05, 4.69) is 10.6 Å². The topological polar surface area (TPSA) is 70.7 Å². The Balaban J connectivity index is 1.86. The summed E-state index contributed by atoms with van der Waals surface area (Å²) >= 11 is 0. The van der Waals surface area contributed by atoms with Crippen LogP contribution < -0.4 is 15.4 Å². The van der Waals surface area contributed by atoms with Crippen molar-refractivity contribution in [1.82, 2.24) is 15.5 Å². The van der Waals surface area contributed by atoms with Gasteiger partial charge in [-0.1, -0.05) is 49.4 Å². The third-order valence-electron chi connectivity index (χ3n) is 4.58. The number of urea groups is 1. The minimum atomic E-state index is -0.355. The van der Waals surface area contributed by atoms with Crippen molar-refractivity contribution in [3.05, 3.63) is 65.7 Å². The van der Waals surface area contributed by atoms with E-state index >= 15 is 0 Å². The number of nitrogens with zero attached hydrogens (tertiary/aromatic N) is 1. The highest BCUT2D eigenvalue weighted by Gasteiger charge is 2.16. The molecule has 1 unspecified atom stereocenters. The van der Waals surface area contributed by atoms with Gasteiger partial charge in [-0.15, -0.1) is 0 Å². The number of amides is 3. The first-order valence-electron chi connectivity index (χ1n) is 9.57. The maximum absolute atomic E-state index is 12.4. The molecule has 0 aliphatic rings. The molecule has 6 heteroatoms. The number of methoxy groups -OCH3 is 1. The van der Waals surface area contributed by atoms with Crippen molar-refractivity contribution in [2.45, 2.75) is 32.9 Å². The number of rotatable bonds is 9. The fourth-order valence-corrected chi connectivity index (χ4v) is 2.91. The molecule has 2 rings (SSSR count). The molecule has 0 spiro atoms. The fourth-order valence-electron chi connectivity index (χ4n) is 2.91. The van der Waals surface area contributed by atoms with Crippen molar-refractivity contribution in [3.8, 4) is 5.75 Å². The van der Waals surface area contributed by atoms with E-state index in [1.54, 1.807) is 12.0 Å². The van der Waals surface area contributed by atoms with Gasteiger partial charge in [0.05, 0.1) is 19.7 Å². The molecule has 150 valence electrons. The number of hydrogen-bond acceptors (Lipinski definition) is 3. The Morgan fingerprint density at radius 2 is 1.71 bits per heavy atom. The summed E-state index contributed by atoms with van der Waals surface area (Å²) in [6.07, 6.45) is 0.739. The van der Waals surface area contributed by atoms with Crippen LogP contribution in [0.15, 0.2) is 54.6 Å². The molecule has 0 heterocycles. The predicted octanol–water partition coefficient (Wildman–Crippen LogP) is 3.49. The Bertz CT molecular complexity index is 747. The maximum Gasteiger partial charge on any atom is 0.315 e. The van der Waals surface area contributed by atoms with Gasteiger partial charge in [0.2, 0.25) is 5.91 Å². The molecule has 0 aromatic heterocycles.